The fraction of sp³-hybridized carbons (Fsp3) is 0.500. The van der Waals surface area contributed by atoms with Crippen LogP contribution in [0.4, 0.5) is 4.39 Å². The molecular formula is C24H32FN. The summed E-state index contributed by atoms with van der Waals surface area (Å²) >= 11 is 0. The summed E-state index contributed by atoms with van der Waals surface area (Å²) in [5.41, 5.74) is 3.96. The van der Waals surface area contributed by atoms with Crippen LogP contribution in [-0.4, -0.2) is 30.2 Å². The summed E-state index contributed by atoms with van der Waals surface area (Å²) in [7, 11) is 0. The van der Waals surface area contributed by atoms with Gasteiger partial charge in [-0.2, -0.15) is 0 Å². The van der Waals surface area contributed by atoms with E-state index in [0.717, 1.165) is 25.9 Å². The highest BCUT2D eigenvalue weighted by atomic mass is 19.1. The summed E-state index contributed by atoms with van der Waals surface area (Å²) < 4.78 is 13.2. The predicted octanol–water partition coefficient (Wildman–Crippen LogP) is 5.79. The first-order valence-corrected chi connectivity index (χ1v) is 10.2. The van der Waals surface area contributed by atoms with Gasteiger partial charge < -0.3 is 4.90 Å². The van der Waals surface area contributed by atoms with Crippen molar-refractivity contribution in [3.63, 3.8) is 0 Å². The van der Waals surface area contributed by atoms with Gasteiger partial charge >= 0.3 is 0 Å². The third kappa shape index (κ3) is 5.41. The summed E-state index contributed by atoms with van der Waals surface area (Å²) in [6.07, 6.45) is 4.68. The second-order valence-electron chi connectivity index (χ2n) is 7.76. The van der Waals surface area contributed by atoms with Crippen LogP contribution >= 0.6 is 0 Å². The third-order valence-electron chi connectivity index (χ3n) is 5.64. The van der Waals surface area contributed by atoms with Gasteiger partial charge in [0.25, 0.3) is 0 Å². The van der Waals surface area contributed by atoms with Crippen molar-refractivity contribution in [2.45, 2.75) is 64.1 Å². The molecule has 0 aliphatic heterocycles. The zero-order valence-electron chi connectivity index (χ0n) is 16.2. The molecule has 26 heavy (non-hydrogen) atoms. The van der Waals surface area contributed by atoms with Crippen molar-refractivity contribution in [1.82, 2.24) is 4.90 Å². The van der Waals surface area contributed by atoms with Crippen molar-refractivity contribution in [2.75, 3.05) is 13.1 Å². The SMILES string of the molecule is CCCN(CCc1ccccc1)C(C)CCc1ccc(C2CC2F)cc1. The maximum absolute atomic E-state index is 13.2. The molecule has 2 heteroatoms. The van der Waals surface area contributed by atoms with E-state index < -0.39 is 6.17 Å². The maximum Gasteiger partial charge on any atom is 0.108 e. The normalized spacial score (nSPS) is 20.3. The smallest absolute Gasteiger partial charge is 0.108 e. The van der Waals surface area contributed by atoms with Gasteiger partial charge in [-0.3, -0.25) is 0 Å². The lowest BCUT2D eigenvalue weighted by Gasteiger charge is -2.29. The molecule has 1 saturated carbocycles. The quantitative estimate of drug-likeness (QED) is 0.523. The lowest BCUT2D eigenvalue weighted by atomic mass is 10.0. The van der Waals surface area contributed by atoms with Crippen molar-refractivity contribution in [3.8, 4) is 0 Å². The van der Waals surface area contributed by atoms with Gasteiger partial charge in [0, 0.05) is 18.5 Å². The highest BCUT2D eigenvalue weighted by molar-refractivity contribution is 5.30. The Kier molecular flexibility index (Phi) is 6.85. The summed E-state index contributed by atoms with van der Waals surface area (Å²) in [4.78, 5) is 2.62. The van der Waals surface area contributed by atoms with E-state index in [9.17, 15) is 4.39 Å². The van der Waals surface area contributed by atoms with Gasteiger partial charge in [-0.05, 0) is 62.3 Å². The monoisotopic (exact) mass is 353 g/mol. The molecular weight excluding hydrogens is 321 g/mol. The number of hydrogen-bond acceptors (Lipinski definition) is 1. The molecule has 1 aliphatic rings. The molecule has 3 atom stereocenters. The Hall–Kier alpha value is -1.67. The van der Waals surface area contributed by atoms with Crippen LogP contribution in [0.15, 0.2) is 54.6 Å². The highest BCUT2D eigenvalue weighted by Crippen LogP contribution is 2.43. The van der Waals surface area contributed by atoms with Crippen LogP contribution in [0.25, 0.3) is 0 Å². The molecule has 0 aromatic heterocycles. The number of aryl methyl sites for hydroxylation is 1. The van der Waals surface area contributed by atoms with Crippen LogP contribution in [0.3, 0.4) is 0 Å². The number of nitrogens with zero attached hydrogens (tertiary/aromatic N) is 1. The maximum atomic E-state index is 13.2. The minimum atomic E-state index is -0.604. The van der Waals surface area contributed by atoms with E-state index in [-0.39, 0.29) is 5.92 Å². The van der Waals surface area contributed by atoms with E-state index in [0.29, 0.717) is 12.5 Å². The zero-order valence-corrected chi connectivity index (χ0v) is 16.2. The summed E-state index contributed by atoms with van der Waals surface area (Å²) in [5, 5.41) is 0. The van der Waals surface area contributed by atoms with Crippen LogP contribution < -0.4 is 0 Å². The Morgan fingerprint density at radius 2 is 1.62 bits per heavy atom. The molecule has 0 bridgehead atoms. The molecule has 1 aliphatic carbocycles. The third-order valence-corrected chi connectivity index (χ3v) is 5.64. The van der Waals surface area contributed by atoms with Gasteiger partial charge in [-0.15, -0.1) is 0 Å². The van der Waals surface area contributed by atoms with Gasteiger partial charge in [0.15, 0.2) is 0 Å². The largest absolute Gasteiger partial charge is 0.300 e. The molecule has 0 spiro atoms. The zero-order chi connectivity index (χ0) is 18.4. The Morgan fingerprint density at radius 3 is 2.23 bits per heavy atom. The van der Waals surface area contributed by atoms with E-state index in [2.05, 4.69) is 73.3 Å². The first-order chi connectivity index (χ1) is 12.7. The van der Waals surface area contributed by atoms with E-state index in [4.69, 9.17) is 0 Å². The molecule has 3 rings (SSSR count). The number of alkyl halides is 1. The number of rotatable bonds is 10. The molecule has 0 radical (unpaired) electrons. The fourth-order valence-corrected chi connectivity index (χ4v) is 3.76. The number of halogens is 1. The predicted molar refractivity (Wildman–Crippen MR) is 108 cm³/mol. The van der Waals surface area contributed by atoms with Crippen LogP contribution in [0.5, 0.6) is 0 Å². The molecule has 0 N–H and O–H groups in total. The molecule has 2 aromatic carbocycles. The number of hydrogen-bond donors (Lipinski definition) is 0. The molecule has 2 aromatic rings. The molecule has 3 unspecified atom stereocenters. The highest BCUT2D eigenvalue weighted by Gasteiger charge is 2.38. The van der Waals surface area contributed by atoms with Gasteiger partial charge in [0.2, 0.25) is 0 Å². The summed E-state index contributed by atoms with van der Waals surface area (Å²) in [6.45, 7) is 6.90. The van der Waals surface area contributed by atoms with E-state index >= 15 is 0 Å². The minimum Gasteiger partial charge on any atom is -0.300 e. The van der Waals surface area contributed by atoms with Gasteiger partial charge in [-0.25, -0.2) is 4.39 Å². The van der Waals surface area contributed by atoms with Crippen LogP contribution in [0.1, 0.15) is 55.7 Å². The Morgan fingerprint density at radius 1 is 0.962 bits per heavy atom. The van der Waals surface area contributed by atoms with Crippen LogP contribution in [-0.2, 0) is 12.8 Å². The first kappa shape index (κ1) is 19.1. The second-order valence-corrected chi connectivity index (χ2v) is 7.76. The van der Waals surface area contributed by atoms with Gasteiger partial charge in [0.1, 0.15) is 6.17 Å². The van der Waals surface area contributed by atoms with Crippen LogP contribution in [0.2, 0.25) is 0 Å². The number of benzene rings is 2. The van der Waals surface area contributed by atoms with E-state index in [1.807, 2.05) is 0 Å². The molecule has 0 amide bonds. The topological polar surface area (TPSA) is 3.24 Å². The van der Waals surface area contributed by atoms with Crippen molar-refractivity contribution >= 4 is 0 Å². The first-order valence-electron chi connectivity index (χ1n) is 10.2. The lowest BCUT2D eigenvalue weighted by molar-refractivity contribution is 0.202. The summed E-state index contributed by atoms with van der Waals surface area (Å²) in [5.74, 6) is 0.168. The average molecular weight is 354 g/mol. The van der Waals surface area contributed by atoms with Gasteiger partial charge in [-0.1, -0.05) is 61.5 Å². The van der Waals surface area contributed by atoms with Crippen molar-refractivity contribution in [3.05, 3.63) is 71.3 Å². The van der Waals surface area contributed by atoms with Gasteiger partial charge in [0.05, 0.1) is 0 Å². The Balaban J connectivity index is 1.48. The standard InChI is InChI=1S/C24H32FN/c1-3-16-26(17-15-20-7-5-4-6-8-20)19(2)9-10-21-11-13-22(14-12-21)23-18-24(23)25/h4-8,11-14,19,23-24H,3,9-10,15-18H2,1-2H3. The molecule has 1 fully saturated rings. The molecule has 1 nitrogen and oxygen atoms in total. The lowest BCUT2D eigenvalue weighted by Crippen LogP contribution is -2.35. The Labute approximate surface area is 158 Å². The fourth-order valence-electron chi connectivity index (χ4n) is 3.76. The van der Waals surface area contributed by atoms with Crippen molar-refractivity contribution in [2.24, 2.45) is 0 Å². The van der Waals surface area contributed by atoms with E-state index in [1.165, 1.54) is 29.5 Å². The second kappa shape index (κ2) is 9.32. The van der Waals surface area contributed by atoms with Crippen LogP contribution in [0, 0.1) is 0 Å². The van der Waals surface area contributed by atoms with E-state index in [1.54, 1.807) is 0 Å². The average Bonchev–Trinajstić information content (AvgIpc) is 3.41. The molecule has 0 saturated heterocycles. The summed E-state index contributed by atoms with van der Waals surface area (Å²) in [6, 6.07) is 20.0. The van der Waals surface area contributed by atoms with Crippen molar-refractivity contribution < 1.29 is 4.39 Å². The minimum absolute atomic E-state index is 0.168. The Bertz CT molecular complexity index is 652. The van der Waals surface area contributed by atoms with Crippen molar-refractivity contribution in [1.29, 1.82) is 0 Å². The molecule has 140 valence electrons. The molecule has 0 heterocycles.